The van der Waals surface area contributed by atoms with E-state index < -0.39 is 10.0 Å². The third-order valence-electron chi connectivity index (χ3n) is 5.25. The Morgan fingerprint density at radius 1 is 1.06 bits per heavy atom. The van der Waals surface area contributed by atoms with Crippen LogP contribution < -0.4 is 23.8 Å². The third-order valence-corrected chi connectivity index (χ3v) is 6.63. The largest absolute Gasteiger partial charge is 0.494 e. The molecule has 0 bridgehead atoms. The van der Waals surface area contributed by atoms with Crippen molar-refractivity contribution in [2.75, 3.05) is 36.0 Å². The number of ether oxygens (including phenoxy) is 3. The average Bonchev–Trinajstić information content (AvgIpc) is 2.84. The molecule has 0 spiro atoms. The summed E-state index contributed by atoms with van der Waals surface area (Å²) in [5.74, 6) is 1.56. The van der Waals surface area contributed by atoms with Crippen molar-refractivity contribution in [3.05, 3.63) is 72.3 Å². The molecule has 178 valence electrons. The molecule has 0 aliphatic carbocycles. The summed E-state index contributed by atoms with van der Waals surface area (Å²) in [6.45, 7) is 4.82. The second-order valence-electron chi connectivity index (χ2n) is 7.64. The van der Waals surface area contributed by atoms with E-state index in [1.807, 2.05) is 31.2 Å². The van der Waals surface area contributed by atoms with Gasteiger partial charge in [0.05, 0.1) is 23.7 Å². The lowest BCUT2D eigenvalue weighted by molar-refractivity contribution is -0.120. The van der Waals surface area contributed by atoms with Crippen molar-refractivity contribution >= 4 is 27.3 Å². The molecule has 1 amide bonds. The maximum absolute atomic E-state index is 12.8. The van der Waals surface area contributed by atoms with Gasteiger partial charge in [0, 0.05) is 5.69 Å². The van der Waals surface area contributed by atoms with Gasteiger partial charge < -0.3 is 19.1 Å². The predicted molar refractivity (Wildman–Crippen MR) is 129 cm³/mol. The van der Waals surface area contributed by atoms with E-state index in [2.05, 4.69) is 4.72 Å². The van der Waals surface area contributed by atoms with Gasteiger partial charge in [0.25, 0.3) is 15.9 Å². The van der Waals surface area contributed by atoms with E-state index in [4.69, 9.17) is 14.2 Å². The molecule has 0 aromatic heterocycles. The number of carbonyl (C=O) groups excluding carboxylic acids is 1. The highest BCUT2D eigenvalue weighted by atomic mass is 32.2. The third kappa shape index (κ3) is 5.26. The molecule has 0 unspecified atom stereocenters. The molecule has 3 aromatic rings. The minimum absolute atomic E-state index is 0.0969. The van der Waals surface area contributed by atoms with Crippen molar-refractivity contribution in [1.29, 1.82) is 0 Å². The summed E-state index contributed by atoms with van der Waals surface area (Å²) in [4.78, 5) is 14.5. The van der Waals surface area contributed by atoms with Crippen molar-refractivity contribution in [2.24, 2.45) is 0 Å². The average molecular weight is 483 g/mol. The Morgan fingerprint density at radius 2 is 1.82 bits per heavy atom. The van der Waals surface area contributed by atoms with Crippen molar-refractivity contribution in [3.63, 3.8) is 0 Å². The molecular weight excluding hydrogens is 456 g/mol. The maximum Gasteiger partial charge on any atom is 0.265 e. The van der Waals surface area contributed by atoms with Crippen molar-refractivity contribution < 1.29 is 27.4 Å². The molecule has 4 rings (SSSR count). The monoisotopic (exact) mass is 482 g/mol. The second kappa shape index (κ2) is 10.0. The number of benzene rings is 3. The van der Waals surface area contributed by atoms with Crippen LogP contribution in [0.1, 0.15) is 12.5 Å². The summed E-state index contributed by atoms with van der Waals surface area (Å²) in [6, 6.07) is 18.6. The quantitative estimate of drug-likeness (QED) is 0.522. The Hall–Kier alpha value is -3.72. The van der Waals surface area contributed by atoms with E-state index >= 15 is 0 Å². The molecular formula is C25H26N2O6S. The SMILES string of the molecule is CCOc1ccc(NS(=O)(=O)c2ccc(OCC(=O)N3CCOc4ccccc43)c(C)c2)cc1. The molecule has 1 aliphatic rings. The number of sulfonamides is 1. The molecule has 1 N–H and O–H groups in total. The zero-order valence-electron chi connectivity index (χ0n) is 19.0. The lowest BCUT2D eigenvalue weighted by Gasteiger charge is -2.29. The van der Waals surface area contributed by atoms with Crippen LogP contribution in [0.5, 0.6) is 17.2 Å². The summed E-state index contributed by atoms with van der Waals surface area (Å²) in [6.07, 6.45) is 0. The number of para-hydroxylation sites is 2. The van der Waals surface area contributed by atoms with E-state index in [9.17, 15) is 13.2 Å². The second-order valence-corrected chi connectivity index (χ2v) is 9.32. The minimum Gasteiger partial charge on any atom is -0.494 e. The number of aryl methyl sites for hydroxylation is 1. The maximum atomic E-state index is 12.8. The normalized spacial score (nSPS) is 12.9. The number of nitrogens with one attached hydrogen (secondary N) is 1. The fourth-order valence-electron chi connectivity index (χ4n) is 3.60. The zero-order chi connectivity index (χ0) is 24.1. The molecule has 1 heterocycles. The number of amides is 1. The summed E-state index contributed by atoms with van der Waals surface area (Å²) < 4.78 is 44.9. The Kier molecular flexibility index (Phi) is 6.93. The highest BCUT2D eigenvalue weighted by Gasteiger charge is 2.24. The van der Waals surface area contributed by atoms with Crippen molar-refractivity contribution in [1.82, 2.24) is 0 Å². The van der Waals surface area contributed by atoms with Crippen LogP contribution >= 0.6 is 0 Å². The van der Waals surface area contributed by atoms with Gasteiger partial charge in [-0.1, -0.05) is 12.1 Å². The van der Waals surface area contributed by atoms with Crippen LogP contribution in [0, 0.1) is 6.92 Å². The number of hydrogen-bond donors (Lipinski definition) is 1. The fraction of sp³-hybridized carbons (Fsp3) is 0.240. The van der Waals surface area contributed by atoms with Gasteiger partial charge in [0.1, 0.15) is 23.9 Å². The fourth-order valence-corrected chi connectivity index (χ4v) is 4.74. The Balaban J connectivity index is 1.41. The van der Waals surface area contributed by atoms with Crippen LogP contribution in [0.15, 0.2) is 71.6 Å². The van der Waals surface area contributed by atoms with Crippen LogP contribution in [0.3, 0.4) is 0 Å². The molecule has 0 saturated carbocycles. The van der Waals surface area contributed by atoms with Crippen molar-refractivity contribution in [2.45, 2.75) is 18.7 Å². The lowest BCUT2D eigenvalue weighted by atomic mass is 10.2. The predicted octanol–water partition coefficient (Wildman–Crippen LogP) is 4.00. The van der Waals surface area contributed by atoms with Crippen molar-refractivity contribution in [3.8, 4) is 17.2 Å². The summed E-state index contributed by atoms with van der Waals surface area (Å²) in [7, 11) is -3.80. The van der Waals surface area contributed by atoms with E-state index in [1.165, 1.54) is 12.1 Å². The van der Waals surface area contributed by atoms with Gasteiger partial charge in [-0.3, -0.25) is 9.52 Å². The molecule has 1 aliphatic heterocycles. The number of anilines is 2. The van der Waals surface area contributed by atoms with E-state index in [1.54, 1.807) is 42.2 Å². The van der Waals surface area contributed by atoms with E-state index in [0.717, 1.165) is 0 Å². The topological polar surface area (TPSA) is 94.2 Å². The van der Waals surface area contributed by atoms with Crippen LogP contribution in [0.4, 0.5) is 11.4 Å². The Bertz CT molecular complexity index is 1270. The van der Waals surface area contributed by atoms with Crippen LogP contribution in [-0.4, -0.2) is 40.7 Å². The first kappa shape index (κ1) is 23.4. The molecule has 0 radical (unpaired) electrons. The van der Waals surface area contributed by atoms with Gasteiger partial charge in [0.2, 0.25) is 0 Å². The molecule has 0 atom stereocenters. The van der Waals surface area contributed by atoms with E-state index in [0.29, 0.717) is 53.9 Å². The van der Waals surface area contributed by atoms with Gasteiger partial charge in [-0.25, -0.2) is 8.42 Å². The van der Waals surface area contributed by atoms with Gasteiger partial charge >= 0.3 is 0 Å². The minimum atomic E-state index is -3.80. The molecule has 0 saturated heterocycles. The summed E-state index contributed by atoms with van der Waals surface area (Å²) in [5, 5.41) is 0. The summed E-state index contributed by atoms with van der Waals surface area (Å²) in [5.41, 5.74) is 1.74. The number of nitrogens with zero attached hydrogens (tertiary/aromatic N) is 1. The molecule has 8 nitrogen and oxygen atoms in total. The molecule has 3 aromatic carbocycles. The van der Waals surface area contributed by atoms with Gasteiger partial charge in [-0.15, -0.1) is 0 Å². The number of carbonyl (C=O) groups is 1. The number of fused-ring (bicyclic) bond motifs is 1. The Morgan fingerprint density at radius 3 is 2.56 bits per heavy atom. The lowest BCUT2D eigenvalue weighted by Crippen LogP contribution is -2.40. The van der Waals surface area contributed by atoms with E-state index in [-0.39, 0.29) is 17.4 Å². The summed E-state index contributed by atoms with van der Waals surface area (Å²) >= 11 is 0. The first-order valence-corrected chi connectivity index (χ1v) is 12.4. The molecule has 34 heavy (non-hydrogen) atoms. The number of rotatable bonds is 8. The van der Waals surface area contributed by atoms with Crippen LogP contribution in [-0.2, 0) is 14.8 Å². The van der Waals surface area contributed by atoms with Gasteiger partial charge in [-0.2, -0.15) is 0 Å². The van der Waals surface area contributed by atoms with Gasteiger partial charge in [-0.05, 0) is 74.0 Å². The van der Waals surface area contributed by atoms with Gasteiger partial charge in [0.15, 0.2) is 6.61 Å². The highest BCUT2D eigenvalue weighted by molar-refractivity contribution is 7.92. The Labute approximate surface area is 199 Å². The zero-order valence-corrected chi connectivity index (χ0v) is 19.8. The van der Waals surface area contributed by atoms with Crippen LogP contribution in [0.25, 0.3) is 0 Å². The smallest absolute Gasteiger partial charge is 0.265 e. The highest BCUT2D eigenvalue weighted by Crippen LogP contribution is 2.31. The first-order valence-electron chi connectivity index (χ1n) is 10.9. The molecule has 9 heteroatoms. The molecule has 0 fully saturated rings. The first-order chi connectivity index (χ1) is 16.4. The number of hydrogen-bond acceptors (Lipinski definition) is 6. The van der Waals surface area contributed by atoms with Crippen LogP contribution in [0.2, 0.25) is 0 Å². The standard InChI is InChI=1S/C25H26N2O6S/c1-3-31-20-10-8-19(9-11-20)26-34(29,30)21-12-13-23(18(2)16-21)33-17-25(28)27-14-15-32-24-7-5-4-6-22(24)27/h4-13,16,26H,3,14-15,17H2,1-2H3.